The van der Waals surface area contributed by atoms with E-state index >= 15 is 0 Å². The van der Waals surface area contributed by atoms with Crippen LogP contribution in [0.3, 0.4) is 0 Å². The molecule has 0 bridgehead atoms. The fraction of sp³-hybridized carbons (Fsp3) is 0.133. The van der Waals surface area contributed by atoms with Crippen molar-refractivity contribution < 1.29 is 18.7 Å². The summed E-state index contributed by atoms with van der Waals surface area (Å²) in [7, 11) is 0. The van der Waals surface area contributed by atoms with Crippen molar-refractivity contribution in [1.29, 1.82) is 0 Å². The van der Waals surface area contributed by atoms with E-state index in [0.717, 1.165) is 12.1 Å². The van der Waals surface area contributed by atoms with Crippen LogP contribution in [-0.4, -0.2) is 17.6 Å². The second kappa shape index (κ2) is 7.05. The number of benzene rings is 2. The molecule has 0 radical (unpaired) electrons. The van der Waals surface area contributed by atoms with Crippen LogP contribution >= 0.6 is 23.2 Å². The van der Waals surface area contributed by atoms with E-state index < -0.39 is 29.2 Å². The first kappa shape index (κ1) is 16.7. The Bertz CT molecular complexity index is 690. The van der Waals surface area contributed by atoms with Gasteiger partial charge in [0.05, 0.1) is 11.7 Å². The highest BCUT2D eigenvalue weighted by Gasteiger charge is 2.17. The molecule has 2 aromatic rings. The summed E-state index contributed by atoms with van der Waals surface area (Å²) in [5.74, 6) is -3.18. The van der Waals surface area contributed by atoms with Crippen molar-refractivity contribution in [3.05, 3.63) is 69.2 Å². The Kier molecular flexibility index (Phi) is 5.34. The fourth-order valence-electron chi connectivity index (χ4n) is 1.85. The van der Waals surface area contributed by atoms with E-state index in [1.54, 1.807) is 0 Å². The largest absolute Gasteiger partial charge is 0.387 e. The van der Waals surface area contributed by atoms with Gasteiger partial charge in [-0.15, -0.1) is 0 Å². The van der Waals surface area contributed by atoms with Crippen molar-refractivity contribution in [3.8, 4) is 0 Å². The third kappa shape index (κ3) is 3.94. The van der Waals surface area contributed by atoms with Crippen molar-refractivity contribution in [2.24, 2.45) is 0 Å². The number of carbonyl (C=O) groups excluding carboxylic acids is 1. The molecule has 0 heterocycles. The van der Waals surface area contributed by atoms with Gasteiger partial charge in [0.15, 0.2) is 11.6 Å². The summed E-state index contributed by atoms with van der Waals surface area (Å²) in [6, 6.07) is 7.77. The van der Waals surface area contributed by atoms with Gasteiger partial charge in [0.2, 0.25) is 0 Å². The Hall–Kier alpha value is -1.69. The number of nitrogens with one attached hydrogen (secondary N) is 1. The van der Waals surface area contributed by atoms with Crippen LogP contribution < -0.4 is 5.32 Å². The van der Waals surface area contributed by atoms with Gasteiger partial charge in [-0.05, 0) is 35.9 Å². The Morgan fingerprint density at radius 3 is 2.45 bits per heavy atom. The summed E-state index contributed by atoms with van der Waals surface area (Å²) in [5.41, 5.74) is -0.0335. The molecule has 0 spiro atoms. The van der Waals surface area contributed by atoms with E-state index in [0.29, 0.717) is 15.6 Å². The normalized spacial score (nSPS) is 12.0. The maximum Gasteiger partial charge on any atom is 0.254 e. The molecule has 2 rings (SSSR count). The van der Waals surface area contributed by atoms with Crippen molar-refractivity contribution in [1.82, 2.24) is 5.32 Å². The van der Waals surface area contributed by atoms with Crippen LogP contribution in [0.2, 0.25) is 10.0 Å². The van der Waals surface area contributed by atoms with E-state index in [4.69, 9.17) is 23.2 Å². The molecule has 0 fully saturated rings. The standard InChI is InChI=1S/C15H11Cl2F2NO2/c16-9-4-8(5-10(17)6-9)13(21)7-20-15(22)11-2-1-3-12(18)14(11)19/h1-6,13,21H,7H2,(H,20,22). The summed E-state index contributed by atoms with van der Waals surface area (Å²) < 4.78 is 26.5. The lowest BCUT2D eigenvalue weighted by molar-refractivity contribution is 0.0911. The second-order valence-electron chi connectivity index (χ2n) is 4.53. The molecule has 1 unspecified atom stereocenters. The van der Waals surface area contributed by atoms with E-state index in [-0.39, 0.29) is 6.54 Å². The number of halogens is 4. The number of hydrogen-bond donors (Lipinski definition) is 2. The van der Waals surface area contributed by atoms with Crippen molar-refractivity contribution in [2.75, 3.05) is 6.54 Å². The molecule has 22 heavy (non-hydrogen) atoms. The molecule has 1 atom stereocenters. The predicted molar refractivity (Wildman–Crippen MR) is 80.1 cm³/mol. The van der Waals surface area contributed by atoms with E-state index in [1.807, 2.05) is 0 Å². The molecule has 116 valence electrons. The minimum Gasteiger partial charge on any atom is -0.387 e. The summed E-state index contributed by atoms with van der Waals surface area (Å²) in [6.07, 6.45) is -1.09. The zero-order chi connectivity index (χ0) is 16.3. The van der Waals surface area contributed by atoms with Crippen LogP contribution in [0.4, 0.5) is 8.78 Å². The first-order chi connectivity index (χ1) is 10.4. The molecule has 2 aromatic carbocycles. The summed E-state index contributed by atoms with van der Waals surface area (Å²) in [5, 5.41) is 13.0. The average molecular weight is 346 g/mol. The Labute approximate surface area is 135 Å². The third-order valence-corrected chi connectivity index (χ3v) is 3.36. The number of amides is 1. The maximum atomic E-state index is 13.5. The summed E-state index contributed by atoms with van der Waals surface area (Å²) in [4.78, 5) is 11.8. The highest BCUT2D eigenvalue weighted by molar-refractivity contribution is 6.34. The first-order valence-corrected chi connectivity index (χ1v) is 7.00. The smallest absolute Gasteiger partial charge is 0.254 e. The minimum absolute atomic E-state index is 0.203. The van der Waals surface area contributed by atoms with Crippen LogP contribution in [0.5, 0.6) is 0 Å². The van der Waals surface area contributed by atoms with Gasteiger partial charge in [-0.25, -0.2) is 8.78 Å². The molecule has 0 aromatic heterocycles. The van der Waals surface area contributed by atoms with Crippen molar-refractivity contribution in [3.63, 3.8) is 0 Å². The van der Waals surface area contributed by atoms with E-state index in [2.05, 4.69) is 5.32 Å². The highest BCUT2D eigenvalue weighted by Crippen LogP contribution is 2.23. The lowest BCUT2D eigenvalue weighted by Crippen LogP contribution is -2.29. The van der Waals surface area contributed by atoms with Gasteiger partial charge in [0.25, 0.3) is 5.91 Å². The molecule has 0 aliphatic carbocycles. The molecule has 7 heteroatoms. The van der Waals surface area contributed by atoms with E-state index in [1.165, 1.54) is 24.3 Å². The van der Waals surface area contributed by atoms with Crippen molar-refractivity contribution >= 4 is 29.1 Å². The SMILES string of the molecule is O=C(NCC(O)c1cc(Cl)cc(Cl)c1)c1cccc(F)c1F. The molecule has 0 aliphatic rings. The molecular weight excluding hydrogens is 335 g/mol. The van der Waals surface area contributed by atoms with Gasteiger partial charge in [-0.1, -0.05) is 29.3 Å². The lowest BCUT2D eigenvalue weighted by atomic mass is 10.1. The molecule has 3 nitrogen and oxygen atoms in total. The predicted octanol–water partition coefficient (Wildman–Crippen LogP) is 3.74. The van der Waals surface area contributed by atoms with Crippen molar-refractivity contribution in [2.45, 2.75) is 6.10 Å². The second-order valence-corrected chi connectivity index (χ2v) is 5.40. The summed E-state index contributed by atoms with van der Waals surface area (Å²) >= 11 is 11.6. The molecular formula is C15H11Cl2F2NO2. The Balaban J connectivity index is 2.06. The van der Waals surface area contributed by atoms with Crippen LogP contribution in [-0.2, 0) is 0 Å². The third-order valence-electron chi connectivity index (χ3n) is 2.92. The molecule has 1 amide bonds. The molecule has 0 aliphatic heterocycles. The maximum absolute atomic E-state index is 13.5. The zero-order valence-electron chi connectivity index (χ0n) is 11.1. The number of aliphatic hydroxyl groups is 1. The minimum atomic E-state index is -1.24. The summed E-state index contributed by atoms with van der Waals surface area (Å²) in [6.45, 7) is -0.203. The topological polar surface area (TPSA) is 49.3 Å². The van der Waals surface area contributed by atoms with Crippen LogP contribution in [0.1, 0.15) is 22.0 Å². The monoisotopic (exact) mass is 345 g/mol. The molecule has 2 N–H and O–H groups in total. The molecule has 0 saturated carbocycles. The van der Waals surface area contributed by atoms with Gasteiger partial charge >= 0.3 is 0 Å². The number of rotatable bonds is 4. The van der Waals surface area contributed by atoms with Crippen LogP contribution in [0.15, 0.2) is 36.4 Å². The fourth-order valence-corrected chi connectivity index (χ4v) is 2.39. The number of hydrogen-bond acceptors (Lipinski definition) is 2. The average Bonchev–Trinajstić information content (AvgIpc) is 2.46. The molecule has 0 saturated heterocycles. The van der Waals surface area contributed by atoms with Gasteiger partial charge in [-0.3, -0.25) is 4.79 Å². The van der Waals surface area contributed by atoms with Crippen LogP contribution in [0, 0.1) is 11.6 Å². The van der Waals surface area contributed by atoms with E-state index in [9.17, 15) is 18.7 Å². The van der Waals surface area contributed by atoms with Gasteiger partial charge in [0, 0.05) is 16.6 Å². The Morgan fingerprint density at radius 2 is 1.82 bits per heavy atom. The first-order valence-electron chi connectivity index (χ1n) is 6.24. The van der Waals surface area contributed by atoms with Gasteiger partial charge in [0.1, 0.15) is 0 Å². The van der Waals surface area contributed by atoms with Gasteiger partial charge < -0.3 is 10.4 Å². The van der Waals surface area contributed by atoms with Crippen LogP contribution in [0.25, 0.3) is 0 Å². The number of aliphatic hydroxyl groups excluding tert-OH is 1. The Morgan fingerprint density at radius 1 is 1.18 bits per heavy atom. The quantitative estimate of drug-likeness (QED) is 0.886. The lowest BCUT2D eigenvalue weighted by Gasteiger charge is -2.13. The number of carbonyl (C=O) groups is 1. The van der Waals surface area contributed by atoms with Gasteiger partial charge in [-0.2, -0.15) is 0 Å². The highest BCUT2D eigenvalue weighted by atomic mass is 35.5. The zero-order valence-corrected chi connectivity index (χ0v) is 12.6.